The molecule has 2 aliphatic rings. The molecule has 2 heterocycles. The van der Waals surface area contributed by atoms with Crippen LogP contribution in [0, 0.1) is 0 Å². The highest BCUT2D eigenvalue weighted by Crippen LogP contribution is 2.48. The van der Waals surface area contributed by atoms with Crippen molar-refractivity contribution in [1.82, 2.24) is 5.01 Å². The fourth-order valence-electron chi connectivity index (χ4n) is 4.02. The van der Waals surface area contributed by atoms with Gasteiger partial charge in [-0.25, -0.2) is 5.01 Å². The molecule has 9 heteroatoms. The zero-order valence-electron chi connectivity index (χ0n) is 17.0. The number of hydrazone groups is 1. The maximum atomic E-state index is 13.2. The number of aliphatic carboxylic acids is 1. The summed E-state index contributed by atoms with van der Waals surface area (Å²) in [5.41, 5.74) is 0.871. The van der Waals surface area contributed by atoms with Gasteiger partial charge in [0.1, 0.15) is 11.5 Å². The average Bonchev–Trinajstić information content (AvgIpc) is 3.31. The van der Waals surface area contributed by atoms with Crippen LogP contribution in [0.15, 0.2) is 47.6 Å². The summed E-state index contributed by atoms with van der Waals surface area (Å²) in [6, 6.07) is 12.3. The molecule has 31 heavy (non-hydrogen) atoms. The van der Waals surface area contributed by atoms with Gasteiger partial charge in [-0.05, 0) is 24.3 Å². The van der Waals surface area contributed by atoms with E-state index in [4.69, 9.17) is 14.6 Å². The van der Waals surface area contributed by atoms with E-state index in [9.17, 15) is 14.4 Å². The SMILES string of the molecule is COc1ccc(OC)c(C2=NN(C(=O)CCC(=O)O)C3(C2)C(=O)Nc2ccccc23)c1. The fraction of sp³-hybridized carbons (Fsp3) is 0.273. The molecule has 0 fully saturated rings. The number of carboxylic acids is 1. The van der Waals surface area contributed by atoms with Crippen LogP contribution in [0.2, 0.25) is 0 Å². The average molecular weight is 423 g/mol. The lowest BCUT2D eigenvalue weighted by molar-refractivity contribution is -0.146. The summed E-state index contributed by atoms with van der Waals surface area (Å²) in [5, 5.41) is 17.5. The normalized spacial score (nSPS) is 19.1. The molecule has 0 saturated heterocycles. The molecule has 0 aromatic heterocycles. The standard InChI is InChI=1S/C22H21N3O6/c1-30-13-7-8-18(31-2)14(11-13)17-12-22(25(24-17)19(26)9-10-20(27)28)15-5-3-4-6-16(15)23-21(22)29/h3-8,11H,9-10,12H2,1-2H3,(H,23,29)(H,27,28). The molecule has 2 aromatic carbocycles. The Morgan fingerprint density at radius 1 is 1.16 bits per heavy atom. The number of nitrogens with one attached hydrogen (secondary N) is 1. The fourth-order valence-corrected chi connectivity index (χ4v) is 4.02. The number of anilines is 1. The van der Waals surface area contributed by atoms with Gasteiger partial charge in [0, 0.05) is 29.7 Å². The topological polar surface area (TPSA) is 118 Å². The number of benzene rings is 2. The highest BCUT2D eigenvalue weighted by molar-refractivity contribution is 6.15. The summed E-state index contributed by atoms with van der Waals surface area (Å²) in [5.74, 6) is -0.957. The first-order valence-electron chi connectivity index (χ1n) is 9.66. The lowest BCUT2D eigenvalue weighted by Gasteiger charge is -2.30. The number of carboxylic acid groups (broad SMARTS) is 1. The van der Waals surface area contributed by atoms with Crippen LogP contribution in [0.25, 0.3) is 0 Å². The van der Waals surface area contributed by atoms with Gasteiger partial charge in [-0.15, -0.1) is 0 Å². The van der Waals surface area contributed by atoms with E-state index in [2.05, 4.69) is 10.4 Å². The zero-order valence-corrected chi connectivity index (χ0v) is 17.0. The highest BCUT2D eigenvalue weighted by atomic mass is 16.5. The zero-order chi connectivity index (χ0) is 22.2. The van der Waals surface area contributed by atoms with Gasteiger partial charge in [0.05, 0.1) is 26.4 Å². The molecule has 1 spiro atoms. The lowest BCUT2D eigenvalue weighted by Crippen LogP contribution is -2.48. The molecule has 2 amide bonds. The largest absolute Gasteiger partial charge is 0.497 e. The van der Waals surface area contributed by atoms with E-state index in [1.165, 1.54) is 14.2 Å². The van der Waals surface area contributed by atoms with Crippen LogP contribution in [0.3, 0.4) is 0 Å². The summed E-state index contributed by atoms with van der Waals surface area (Å²) in [7, 11) is 3.05. The Kier molecular flexibility index (Phi) is 5.10. The van der Waals surface area contributed by atoms with Gasteiger partial charge >= 0.3 is 5.97 Å². The lowest BCUT2D eigenvalue weighted by atomic mass is 9.84. The summed E-state index contributed by atoms with van der Waals surface area (Å²) in [4.78, 5) is 37.3. The van der Waals surface area contributed by atoms with Gasteiger partial charge in [-0.2, -0.15) is 5.10 Å². The van der Waals surface area contributed by atoms with Crippen LogP contribution >= 0.6 is 0 Å². The third-order valence-electron chi connectivity index (χ3n) is 5.51. The van der Waals surface area contributed by atoms with Crippen LogP contribution in [0.1, 0.15) is 30.4 Å². The van der Waals surface area contributed by atoms with Crippen molar-refractivity contribution >= 4 is 29.2 Å². The number of hydrogen-bond acceptors (Lipinski definition) is 6. The Bertz CT molecular complexity index is 1110. The summed E-state index contributed by atoms with van der Waals surface area (Å²) >= 11 is 0. The first kappa shape index (κ1) is 20.4. The Balaban J connectivity index is 1.84. The molecular weight excluding hydrogens is 402 g/mol. The first-order valence-corrected chi connectivity index (χ1v) is 9.66. The number of fused-ring (bicyclic) bond motifs is 2. The van der Waals surface area contributed by atoms with E-state index in [1.807, 2.05) is 0 Å². The molecule has 2 aromatic rings. The monoisotopic (exact) mass is 423 g/mol. The number of ether oxygens (including phenoxy) is 2. The number of methoxy groups -OCH3 is 2. The van der Waals surface area contributed by atoms with Crippen molar-refractivity contribution in [3.05, 3.63) is 53.6 Å². The number of hydrogen-bond donors (Lipinski definition) is 2. The predicted octanol–water partition coefficient (Wildman–Crippen LogP) is 2.35. The maximum absolute atomic E-state index is 13.2. The van der Waals surface area contributed by atoms with Crippen LogP contribution in [-0.2, 0) is 19.9 Å². The van der Waals surface area contributed by atoms with E-state index in [1.54, 1.807) is 42.5 Å². The van der Waals surface area contributed by atoms with Crippen LogP contribution in [0.4, 0.5) is 5.69 Å². The van der Waals surface area contributed by atoms with Crippen molar-refractivity contribution in [2.75, 3.05) is 19.5 Å². The van der Waals surface area contributed by atoms with Crippen molar-refractivity contribution in [3.8, 4) is 11.5 Å². The number of amides is 2. The van der Waals surface area contributed by atoms with Crippen LogP contribution in [-0.4, -0.2) is 47.8 Å². The molecule has 0 aliphatic carbocycles. The Morgan fingerprint density at radius 3 is 2.65 bits per heavy atom. The Morgan fingerprint density at radius 2 is 1.94 bits per heavy atom. The molecule has 2 N–H and O–H groups in total. The minimum Gasteiger partial charge on any atom is -0.497 e. The number of carbonyl (C=O) groups is 3. The summed E-state index contributed by atoms with van der Waals surface area (Å²) in [6.07, 6.45) is -0.529. The summed E-state index contributed by atoms with van der Waals surface area (Å²) in [6.45, 7) is 0. The van der Waals surface area contributed by atoms with Gasteiger partial charge < -0.3 is 19.9 Å². The second kappa shape index (κ2) is 7.75. The van der Waals surface area contributed by atoms with Crippen molar-refractivity contribution < 1.29 is 29.0 Å². The number of rotatable bonds is 6. The molecule has 0 bridgehead atoms. The number of carbonyl (C=O) groups excluding carboxylic acids is 2. The summed E-state index contributed by atoms with van der Waals surface area (Å²) < 4.78 is 10.8. The maximum Gasteiger partial charge on any atom is 0.303 e. The van der Waals surface area contributed by atoms with E-state index in [0.717, 1.165) is 5.01 Å². The molecule has 1 atom stereocenters. The molecule has 4 rings (SSSR count). The van der Waals surface area contributed by atoms with Crippen molar-refractivity contribution in [1.29, 1.82) is 0 Å². The molecule has 1 unspecified atom stereocenters. The van der Waals surface area contributed by atoms with Gasteiger partial charge in [-0.1, -0.05) is 18.2 Å². The van der Waals surface area contributed by atoms with E-state index in [-0.39, 0.29) is 19.3 Å². The van der Waals surface area contributed by atoms with E-state index < -0.39 is 23.3 Å². The van der Waals surface area contributed by atoms with Crippen LogP contribution < -0.4 is 14.8 Å². The van der Waals surface area contributed by atoms with Crippen LogP contribution in [0.5, 0.6) is 11.5 Å². The Hall–Kier alpha value is -3.88. The molecule has 0 radical (unpaired) electrons. The Labute approximate surface area is 178 Å². The molecule has 2 aliphatic heterocycles. The van der Waals surface area contributed by atoms with Crippen molar-refractivity contribution in [3.63, 3.8) is 0 Å². The predicted molar refractivity (Wildman–Crippen MR) is 111 cm³/mol. The first-order chi connectivity index (χ1) is 14.9. The minimum atomic E-state index is -1.39. The second-order valence-electron chi connectivity index (χ2n) is 7.25. The molecule has 9 nitrogen and oxygen atoms in total. The smallest absolute Gasteiger partial charge is 0.303 e. The molecule has 0 saturated carbocycles. The third kappa shape index (κ3) is 3.27. The number of para-hydroxylation sites is 1. The van der Waals surface area contributed by atoms with Crippen molar-refractivity contribution in [2.24, 2.45) is 5.10 Å². The van der Waals surface area contributed by atoms with Crippen molar-refractivity contribution in [2.45, 2.75) is 24.8 Å². The molecule has 160 valence electrons. The quantitative estimate of drug-likeness (QED) is 0.737. The minimum absolute atomic E-state index is 0.109. The third-order valence-corrected chi connectivity index (χ3v) is 5.51. The van der Waals surface area contributed by atoms with E-state index in [0.29, 0.717) is 34.0 Å². The number of nitrogens with zero attached hydrogens (tertiary/aromatic N) is 2. The van der Waals surface area contributed by atoms with E-state index >= 15 is 0 Å². The highest BCUT2D eigenvalue weighted by Gasteiger charge is 2.57. The van der Waals surface area contributed by atoms with Gasteiger partial charge in [0.2, 0.25) is 5.91 Å². The second-order valence-corrected chi connectivity index (χ2v) is 7.25. The van der Waals surface area contributed by atoms with Gasteiger partial charge in [-0.3, -0.25) is 14.4 Å². The molecular formula is C22H21N3O6. The van der Waals surface area contributed by atoms with Gasteiger partial charge in [0.25, 0.3) is 5.91 Å². The van der Waals surface area contributed by atoms with Gasteiger partial charge in [0.15, 0.2) is 5.54 Å².